The lowest BCUT2D eigenvalue weighted by Crippen LogP contribution is -2.30. The van der Waals surface area contributed by atoms with E-state index < -0.39 is 6.04 Å². The average Bonchev–Trinajstić information content (AvgIpc) is 3.41. The Hall–Kier alpha value is -3.19. The van der Waals surface area contributed by atoms with Gasteiger partial charge in [-0.25, -0.2) is 0 Å². The second kappa shape index (κ2) is 12.1. The fraction of sp³-hybridized carbons (Fsp3) is 0.467. The van der Waals surface area contributed by atoms with Gasteiger partial charge in [0.15, 0.2) is 11.5 Å². The molecule has 1 unspecified atom stereocenters. The van der Waals surface area contributed by atoms with Gasteiger partial charge in [-0.05, 0) is 68.0 Å². The van der Waals surface area contributed by atoms with E-state index in [1.165, 1.54) is 0 Å². The first-order chi connectivity index (χ1) is 18.3. The SMILES string of the molecule is CCCCCN1C(=O)c2[nH]nc(-c3cc(Cl)c(C)cc3O)c2C1c1ccc(OCCC(C)C)c(OCC)c1. The normalized spacial score (nSPS) is 14.9. The maximum atomic E-state index is 13.6. The third kappa shape index (κ3) is 5.63. The number of carbonyl (C=O) groups excluding carboxylic acids is 1. The molecule has 8 heteroatoms. The number of nitrogens with one attached hydrogen (secondary N) is 1. The van der Waals surface area contributed by atoms with Crippen molar-refractivity contribution in [1.82, 2.24) is 15.1 Å². The summed E-state index contributed by atoms with van der Waals surface area (Å²) < 4.78 is 12.0. The fourth-order valence-corrected chi connectivity index (χ4v) is 5.02. The van der Waals surface area contributed by atoms with E-state index in [-0.39, 0.29) is 11.7 Å². The number of amides is 1. The predicted molar refractivity (Wildman–Crippen MR) is 150 cm³/mol. The number of aryl methyl sites for hydroxylation is 1. The van der Waals surface area contributed by atoms with Gasteiger partial charge in [0.2, 0.25) is 0 Å². The highest BCUT2D eigenvalue weighted by atomic mass is 35.5. The molecule has 7 nitrogen and oxygen atoms in total. The number of ether oxygens (including phenoxy) is 2. The van der Waals surface area contributed by atoms with Crippen LogP contribution >= 0.6 is 11.6 Å². The Morgan fingerprint density at radius 2 is 1.92 bits per heavy atom. The Labute approximate surface area is 230 Å². The highest BCUT2D eigenvalue weighted by Gasteiger charge is 2.42. The van der Waals surface area contributed by atoms with E-state index in [4.69, 9.17) is 21.1 Å². The van der Waals surface area contributed by atoms with Crippen LogP contribution in [0.15, 0.2) is 30.3 Å². The van der Waals surface area contributed by atoms with Crippen LogP contribution in [0.2, 0.25) is 5.02 Å². The van der Waals surface area contributed by atoms with Gasteiger partial charge in [0.05, 0.1) is 19.3 Å². The highest BCUT2D eigenvalue weighted by Crippen LogP contribution is 2.46. The number of carbonyl (C=O) groups is 1. The summed E-state index contributed by atoms with van der Waals surface area (Å²) in [4.78, 5) is 15.5. The van der Waals surface area contributed by atoms with Crippen molar-refractivity contribution in [2.45, 2.75) is 66.3 Å². The zero-order chi connectivity index (χ0) is 27.4. The number of rotatable bonds is 12. The average molecular weight is 540 g/mol. The van der Waals surface area contributed by atoms with Crippen LogP contribution in [-0.4, -0.2) is 45.9 Å². The maximum absolute atomic E-state index is 13.6. The Balaban J connectivity index is 1.80. The van der Waals surface area contributed by atoms with Gasteiger partial charge in [-0.2, -0.15) is 5.10 Å². The van der Waals surface area contributed by atoms with Gasteiger partial charge >= 0.3 is 0 Å². The number of aromatic hydroxyl groups is 1. The van der Waals surface area contributed by atoms with Gasteiger partial charge in [-0.3, -0.25) is 9.89 Å². The van der Waals surface area contributed by atoms with Crippen LogP contribution in [0.3, 0.4) is 0 Å². The zero-order valence-corrected chi connectivity index (χ0v) is 23.7. The number of hydrogen-bond donors (Lipinski definition) is 2. The summed E-state index contributed by atoms with van der Waals surface area (Å²) >= 11 is 6.43. The van der Waals surface area contributed by atoms with Gasteiger partial charge in [0, 0.05) is 22.7 Å². The molecule has 0 saturated carbocycles. The van der Waals surface area contributed by atoms with E-state index in [1.807, 2.05) is 36.9 Å². The Bertz CT molecular complexity index is 1290. The second-order valence-corrected chi connectivity index (χ2v) is 10.7. The van der Waals surface area contributed by atoms with Gasteiger partial charge in [0.1, 0.15) is 17.1 Å². The van der Waals surface area contributed by atoms with Crippen molar-refractivity contribution in [1.29, 1.82) is 0 Å². The van der Waals surface area contributed by atoms with E-state index in [1.54, 1.807) is 12.1 Å². The molecule has 1 atom stereocenters. The molecule has 0 aliphatic carbocycles. The van der Waals surface area contributed by atoms with Crippen LogP contribution in [0.1, 0.15) is 86.6 Å². The standard InChI is InChI=1S/C30H38ClN3O4/c1-6-8-9-13-34-29(20-10-11-24(25(16-20)37-7-2)38-14-12-18(3)4)26-27(32-33-28(26)30(34)36)21-17-22(31)19(5)15-23(21)35/h10-11,15-18,29,35H,6-9,12-14H2,1-5H3,(H,32,33). The molecule has 2 N–H and O–H groups in total. The molecule has 0 bridgehead atoms. The fourth-order valence-electron chi connectivity index (χ4n) is 4.85. The minimum Gasteiger partial charge on any atom is -0.507 e. The van der Waals surface area contributed by atoms with Gasteiger partial charge in [-0.15, -0.1) is 0 Å². The monoisotopic (exact) mass is 539 g/mol. The molecule has 4 rings (SSSR count). The van der Waals surface area contributed by atoms with Gasteiger partial charge in [-0.1, -0.05) is 51.3 Å². The number of hydrogen-bond acceptors (Lipinski definition) is 5. The molecule has 38 heavy (non-hydrogen) atoms. The van der Waals surface area contributed by atoms with Crippen molar-refractivity contribution in [2.24, 2.45) is 5.92 Å². The van der Waals surface area contributed by atoms with Crippen LogP contribution in [0.5, 0.6) is 17.2 Å². The molecule has 0 fully saturated rings. The third-order valence-corrected chi connectivity index (χ3v) is 7.34. The van der Waals surface area contributed by atoms with E-state index in [0.717, 1.165) is 42.4 Å². The van der Waals surface area contributed by atoms with Crippen LogP contribution in [0, 0.1) is 12.8 Å². The molecule has 3 aromatic rings. The lowest BCUT2D eigenvalue weighted by molar-refractivity contribution is 0.0740. The highest BCUT2D eigenvalue weighted by molar-refractivity contribution is 6.31. The van der Waals surface area contributed by atoms with Crippen molar-refractivity contribution in [3.63, 3.8) is 0 Å². The van der Waals surface area contributed by atoms with Gasteiger partial charge < -0.3 is 19.5 Å². The minimum absolute atomic E-state index is 0.0701. The number of nitrogens with zero attached hydrogens (tertiary/aromatic N) is 2. The van der Waals surface area contributed by atoms with Crippen molar-refractivity contribution < 1.29 is 19.4 Å². The summed E-state index contributed by atoms with van der Waals surface area (Å²) in [5, 5.41) is 18.8. The quantitative estimate of drug-likeness (QED) is 0.236. The second-order valence-electron chi connectivity index (χ2n) is 10.3. The number of aromatic nitrogens is 2. The number of halogens is 1. The van der Waals surface area contributed by atoms with E-state index in [2.05, 4.69) is 31.0 Å². The number of aromatic amines is 1. The first kappa shape index (κ1) is 27.8. The number of phenols is 1. The molecule has 1 aromatic heterocycles. The van der Waals surface area contributed by atoms with Crippen LogP contribution in [-0.2, 0) is 0 Å². The van der Waals surface area contributed by atoms with E-state index in [9.17, 15) is 9.90 Å². The lowest BCUT2D eigenvalue weighted by Gasteiger charge is -2.27. The Kier molecular flexibility index (Phi) is 8.87. The van der Waals surface area contributed by atoms with Crippen LogP contribution < -0.4 is 9.47 Å². The summed E-state index contributed by atoms with van der Waals surface area (Å²) in [6.07, 6.45) is 3.91. The molecule has 2 aromatic carbocycles. The molecule has 1 amide bonds. The third-order valence-electron chi connectivity index (χ3n) is 6.93. The number of fused-ring (bicyclic) bond motifs is 1. The summed E-state index contributed by atoms with van der Waals surface area (Å²) in [6, 6.07) is 8.82. The first-order valence-electron chi connectivity index (χ1n) is 13.5. The summed E-state index contributed by atoms with van der Waals surface area (Å²) in [6.45, 7) is 12.0. The topological polar surface area (TPSA) is 87.7 Å². The molecule has 1 aliphatic heterocycles. The lowest BCUT2D eigenvalue weighted by atomic mass is 9.95. The number of benzene rings is 2. The predicted octanol–water partition coefficient (Wildman–Crippen LogP) is 7.30. The maximum Gasteiger partial charge on any atom is 0.273 e. The van der Waals surface area contributed by atoms with Crippen LogP contribution in [0.25, 0.3) is 11.3 Å². The molecule has 0 spiro atoms. The molecule has 2 heterocycles. The van der Waals surface area contributed by atoms with Crippen LogP contribution in [0.4, 0.5) is 0 Å². The Morgan fingerprint density at radius 3 is 2.63 bits per heavy atom. The zero-order valence-electron chi connectivity index (χ0n) is 22.9. The number of phenolic OH excluding ortho intramolecular Hbond substituents is 1. The van der Waals surface area contributed by atoms with E-state index >= 15 is 0 Å². The molecule has 0 radical (unpaired) electrons. The number of H-pyrrole nitrogens is 1. The molecular formula is C30H38ClN3O4. The molecule has 204 valence electrons. The minimum atomic E-state index is -0.397. The van der Waals surface area contributed by atoms with Crippen molar-refractivity contribution in [3.8, 4) is 28.5 Å². The molecular weight excluding hydrogens is 502 g/mol. The smallest absolute Gasteiger partial charge is 0.273 e. The van der Waals surface area contributed by atoms with Gasteiger partial charge in [0.25, 0.3) is 5.91 Å². The Morgan fingerprint density at radius 1 is 1.13 bits per heavy atom. The summed E-state index contributed by atoms with van der Waals surface area (Å²) in [7, 11) is 0. The molecule has 1 aliphatic rings. The van der Waals surface area contributed by atoms with E-state index in [0.29, 0.717) is 59.1 Å². The van der Waals surface area contributed by atoms with Crippen molar-refractivity contribution in [2.75, 3.05) is 19.8 Å². The number of unbranched alkanes of at least 4 members (excludes halogenated alkanes) is 2. The van der Waals surface area contributed by atoms with Crippen molar-refractivity contribution in [3.05, 3.63) is 57.7 Å². The molecule has 0 saturated heterocycles. The largest absolute Gasteiger partial charge is 0.507 e. The summed E-state index contributed by atoms with van der Waals surface area (Å²) in [5.41, 5.74) is 3.85. The summed E-state index contributed by atoms with van der Waals surface area (Å²) in [5.74, 6) is 1.84. The first-order valence-corrected chi connectivity index (χ1v) is 13.9. The van der Waals surface area contributed by atoms with Crippen molar-refractivity contribution >= 4 is 17.5 Å².